The largest absolute Gasteiger partial charge is 0.459 e. The van der Waals surface area contributed by atoms with Crippen molar-refractivity contribution in [1.82, 2.24) is 4.90 Å². The molecule has 0 bridgehead atoms. The Balaban J connectivity index is 1.73. The van der Waals surface area contributed by atoms with Crippen molar-refractivity contribution in [3.63, 3.8) is 0 Å². The summed E-state index contributed by atoms with van der Waals surface area (Å²) >= 11 is 0. The lowest BCUT2D eigenvalue weighted by Crippen LogP contribution is -2.24. The molecule has 0 aromatic heterocycles. The second-order valence-corrected chi connectivity index (χ2v) is 6.30. The van der Waals surface area contributed by atoms with Gasteiger partial charge in [-0.05, 0) is 43.9 Å². The number of esters is 1. The lowest BCUT2D eigenvalue weighted by molar-refractivity contribution is 0.0239. The second kappa shape index (κ2) is 6.52. The van der Waals surface area contributed by atoms with Gasteiger partial charge >= 0.3 is 5.97 Å². The molecule has 0 saturated heterocycles. The molecule has 2 amide bonds. The molecule has 1 aromatic rings. The van der Waals surface area contributed by atoms with Crippen molar-refractivity contribution in [3.05, 3.63) is 34.9 Å². The summed E-state index contributed by atoms with van der Waals surface area (Å²) in [5.41, 5.74) is 0.965. The van der Waals surface area contributed by atoms with Gasteiger partial charge in [-0.1, -0.05) is 19.3 Å². The van der Waals surface area contributed by atoms with Crippen LogP contribution in [0.15, 0.2) is 18.2 Å². The fourth-order valence-electron chi connectivity index (χ4n) is 3.24. The number of fused-ring (bicyclic) bond motifs is 1. The molecule has 1 aliphatic heterocycles. The zero-order valence-corrected chi connectivity index (χ0v) is 13.3. The molecule has 5 nitrogen and oxygen atoms in total. The molecule has 1 aromatic carbocycles. The molecular formula is C18H21NO4. The maximum Gasteiger partial charge on any atom is 0.338 e. The standard InChI is InChI=1S/C18H21NO4/c1-19-16(20)14-10-9-12(11-15(14)17(19)21)18(22)23-13-7-5-3-2-4-6-8-13/h9-11,13H,2-8H2,1H3. The van der Waals surface area contributed by atoms with E-state index in [0.717, 1.165) is 30.6 Å². The minimum atomic E-state index is -0.409. The van der Waals surface area contributed by atoms with Crippen molar-refractivity contribution in [2.24, 2.45) is 0 Å². The highest BCUT2D eigenvalue weighted by molar-refractivity contribution is 6.21. The molecule has 1 saturated carbocycles. The van der Waals surface area contributed by atoms with Crippen LogP contribution in [0.2, 0.25) is 0 Å². The maximum atomic E-state index is 12.3. The molecule has 2 aliphatic rings. The van der Waals surface area contributed by atoms with Crippen molar-refractivity contribution < 1.29 is 19.1 Å². The summed E-state index contributed by atoms with van der Waals surface area (Å²) in [6.45, 7) is 0. The number of ether oxygens (including phenoxy) is 1. The normalized spacial score (nSPS) is 19.3. The smallest absolute Gasteiger partial charge is 0.338 e. The Bertz CT molecular complexity index is 644. The zero-order chi connectivity index (χ0) is 16.4. The van der Waals surface area contributed by atoms with Crippen LogP contribution >= 0.6 is 0 Å². The Labute approximate surface area is 135 Å². The first-order valence-electron chi connectivity index (χ1n) is 8.25. The minimum absolute atomic E-state index is 0.0453. The third-order valence-corrected chi connectivity index (χ3v) is 4.65. The minimum Gasteiger partial charge on any atom is -0.459 e. The van der Waals surface area contributed by atoms with Gasteiger partial charge in [0, 0.05) is 7.05 Å². The zero-order valence-electron chi connectivity index (χ0n) is 13.3. The van der Waals surface area contributed by atoms with Gasteiger partial charge in [0.2, 0.25) is 0 Å². The molecule has 122 valence electrons. The van der Waals surface area contributed by atoms with Crippen LogP contribution in [0.1, 0.15) is 76.0 Å². The van der Waals surface area contributed by atoms with Crippen molar-refractivity contribution in [3.8, 4) is 0 Å². The van der Waals surface area contributed by atoms with Gasteiger partial charge < -0.3 is 4.74 Å². The number of hydrogen-bond acceptors (Lipinski definition) is 4. The Morgan fingerprint density at radius 2 is 1.61 bits per heavy atom. The van der Waals surface area contributed by atoms with Gasteiger partial charge in [-0.15, -0.1) is 0 Å². The summed E-state index contributed by atoms with van der Waals surface area (Å²) in [5, 5.41) is 0. The number of nitrogens with zero attached hydrogens (tertiary/aromatic N) is 1. The Kier molecular flexibility index (Phi) is 4.46. The first-order chi connectivity index (χ1) is 11.1. The highest BCUT2D eigenvalue weighted by Gasteiger charge is 2.33. The van der Waals surface area contributed by atoms with Gasteiger partial charge in [0.25, 0.3) is 11.8 Å². The first-order valence-corrected chi connectivity index (χ1v) is 8.25. The Morgan fingerprint density at radius 1 is 1.00 bits per heavy atom. The lowest BCUT2D eigenvalue weighted by Gasteiger charge is -2.20. The lowest BCUT2D eigenvalue weighted by atomic mass is 9.98. The molecular weight excluding hydrogens is 294 g/mol. The van der Waals surface area contributed by atoms with Crippen LogP contribution in [0, 0.1) is 0 Å². The van der Waals surface area contributed by atoms with E-state index in [9.17, 15) is 14.4 Å². The van der Waals surface area contributed by atoms with E-state index >= 15 is 0 Å². The van der Waals surface area contributed by atoms with Gasteiger partial charge in [-0.25, -0.2) is 4.79 Å². The number of imide groups is 1. The van der Waals surface area contributed by atoms with Gasteiger partial charge in [0.15, 0.2) is 0 Å². The van der Waals surface area contributed by atoms with Crippen molar-refractivity contribution in [2.75, 3.05) is 7.05 Å². The van der Waals surface area contributed by atoms with Gasteiger partial charge in [-0.3, -0.25) is 14.5 Å². The van der Waals surface area contributed by atoms with E-state index in [4.69, 9.17) is 4.74 Å². The average Bonchev–Trinajstić information content (AvgIpc) is 2.74. The van der Waals surface area contributed by atoms with Gasteiger partial charge in [-0.2, -0.15) is 0 Å². The summed E-state index contributed by atoms with van der Waals surface area (Å²) in [7, 11) is 1.44. The van der Waals surface area contributed by atoms with Crippen LogP contribution in [0.3, 0.4) is 0 Å². The van der Waals surface area contributed by atoms with Gasteiger partial charge in [0.05, 0.1) is 16.7 Å². The fourth-order valence-corrected chi connectivity index (χ4v) is 3.24. The van der Waals surface area contributed by atoms with E-state index in [-0.39, 0.29) is 23.5 Å². The number of benzene rings is 1. The predicted molar refractivity (Wildman–Crippen MR) is 84.4 cm³/mol. The quantitative estimate of drug-likeness (QED) is 0.621. The van der Waals surface area contributed by atoms with Crippen molar-refractivity contribution >= 4 is 17.8 Å². The van der Waals surface area contributed by atoms with E-state index in [1.165, 1.54) is 38.4 Å². The predicted octanol–water partition coefficient (Wildman–Crippen LogP) is 3.18. The monoisotopic (exact) mass is 315 g/mol. The topological polar surface area (TPSA) is 63.7 Å². The average molecular weight is 315 g/mol. The third kappa shape index (κ3) is 3.14. The van der Waals surface area contributed by atoms with E-state index < -0.39 is 5.97 Å². The number of rotatable bonds is 2. The van der Waals surface area contributed by atoms with E-state index in [2.05, 4.69) is 0 Å². The summed E-state index contributed by atoms with van der Waals surface area (Å²) in [5.74, 6) is -1.11. The highest BCUT2D eigenvalue weighted by atomic mass is 16.5. The Hall–Kier alpha value is -2.17. The summed E-state index contributed by atoms with van der Waals surface area (Å²) in [4.78, 5) is 37.3. The molecule has 0 unspecified atom stereocenters. The molecule has 5 heteroatoms. The first kappa shape index (κ1) is 15.7. The molecule has 1 heterocycles. The fraction of sp³-hybridized carbons (Fsp3) is 0.500. The summed E-state index contributed by atoms with van der Waals surface area (Å²) < 4.78 is 5.61. The molecule has 0 spiro atoms. The van der Waals surface area contributed by atoms with Crippen molar-refractivity contribution in [1.29, 1.82) is 0 Å². The summed E-state index contributed by atoms with van der Waals surface area (Å²) in [6, 6.07) is 4.58. The summed E-state index contributed by atoms with van der Waals surface area (Å²) in [6.07, 6.45) is 7.56. The van der Waals surface area contributed by atoms with E-state index in [0.29, 0.717) is 11.1 Å². The van der Waals surface area contributed by atoms with Crippen molar-refractivity contribution in [2.45, 2.75) is 51.0 Å². The van der Waals surface area contributed by atoms with E-state index in [1.807, 2.05) is 0 Å². The highest BCUT2D eigenvalue weighted by Crippen LogP contribution is 2.24. The van der Waals surface area contributed by atoms with E-state index in [1.54, 1.807) is 6.07 Å². The molecule has 1 fully saturated rings. The molecule has 0 radical (unpaired) electrons. The van der Waals surface area contributed by atoms with Gasteiger partial charge in [0.1, 0.15) is 6.10 Å². The third-order valence-electron chi connectivity index (χ3n) is 4.65. The number of amides is 2. The molecule has 3 rings (SSSR count). The number of carbonyl (C=O) groups excluding carboxylic acids is 3. The van der Waals surface area contributed by atoms with Crippen LogP contribution in [-0.2, 0) is 4.74 Å². The van der Waals surface area contributed by atoms with Crippen LogP contribution in [0.5, 0.6) is 0 Å². The number of hydrogen-bond donors (Lipinski definition) is 0. The molecule has 0 atom stereocenters. The molecule has 0 N–H and O–H groups in total. The molecule has 1 aliphatic carbocycles. The SMILES string of the molecule is CN1C(=O)c2ccc(C(=O)OC3CCCCCCC3)cc2C1=O. The number of carbonyl (C=O) groups is 3. The molecule has 23 heavy (non-hydrogen) atoms. The second-order valence-electron chi connectivity index (χ2n) is 6.30. The van der Waals surface area contributed by atoms with Crippen LogP contribution in [-0.4, -0.2) is 35.8 Å². The van der Waals surface area contributed by atoms with Crippen LogP contribution in [0.4, 0.5) is 0 Å². The Morgan fingerprint density at radius 3 is 2.30 bits per heavy atom. The maximum absolute atomic E-state index is 12.3. The van der Waals surface area contributed by atoms with Crippen LogP contribution < -0.4 is 0 Å². The van der Waals surface area contributed by atoms with Crippen LogP contribution in [0.25, 0.3) is 0 Å².